The van der Waals surface area contributed by atoms with E-state index < -0.39 is 12.0 Å². The molecule has 2 saturated heterocycles. The fraction of sp³-hybridized carbons (Fsp3) is 0.560. The third-order valence-electron chi connectivity index (χ3n) is 5.91. The molecule has 0 bridgehead atoms. The van der Waals surface area contributed by atoms with Crippen LogP contribution in [0.4, 0.5) is 20.7 Å². The molecule has 11 heteroatoms. The molecule has 0 saturated carbocycles. The van der Waals surface area contributed by atoms with E-state index in [0.717, 1.165) is 19.4 Å². The number of aromatic nitrogens is 2. The molecule has 36 heavy (non-hydrogen) atoms. The van der Waals surface area contributed by atoms with Crippen molar-refractivity contribution in [3.05, 3.63) is 35.9 Å². The number of benzene rings is 1. The maximum Gasteiger partial charge on any atom is 0.528 e. The minimum absolute atomic E-state index is 0.0640. The van der Waals surface area contributed by atoms with Crippen LogP contribution in [-0.4, -0.2) is 65.8 Å². The average Bonchev–Trinajstić information content (AvgIpc) is 3.36. The summed E-state index contributed by atoms with van der Waals surface area (Å²) in [6.07, 6.45) is 3.66. The summed E-state index contributed by atoms with van der Waals surface area (Å²) >= 11 is 0. The topological polar surface area (TPSA) is 104 Å². The van der Waals surface area contributed by atoms with Crippen molar-refractivity contribution in [1.82, 2.24) is 15.0 Å². The number of hydroxylamine groups is 2. The van der Waals surface area contributed by atoms with Gasteiger partial charge in [-0.3, -0.25) is 0 Å². The Morgan fingerprint density at radius 3 is 2.75 bits per heavy atom. The van der Waals surface area contributed by atoms with Crippen molar-refractivity contribution < 1.29 is 33.0 Å². The smallest absolute Gasteiger partial charge is 0.491 e. The van der Waals surface area contributed by atoms with Crippen molar-refractivity contribution >= 4 is 17.7 Å². The Kier molecular flexibility index (Phi) is 8.76. The zero-order valence-corrected chi connectivity index (χ0v) is 20.9. The summed E-state index contributed by atoms with van der Waals surface area (Å²) in [4.78, 5) is 25.4. The lowest BCUT2D eigenvalue weighted by atomic mass is 10.1. The van der Waals surface area contributed by atoms with Gasteiger partial charge in [0, 0.05) is 38.6 Å². The number of nitrogens with zero attached hydrogens (tertiary/aromatic N) is 3. The zero-order valence-electron chi connectivity index (χ0n) is 20.9. The zero-order chi connectivity index (χ0) is 25.5. The van der Waals surface area contributed by atoms with Gasteiger partial charge in [-0.25, -0.2) is 19.2 Å². The van der Waals surface area contributed by atoms with Crippen LogP contribution in [0.3, 0.4) is 0 Å². The van der Waals surface area contributed by atoms with E-state index in [4.69, 9.17) is 23.8 Å². The first-order chi connectivity index (χ1) is 17.4. The molecule has 0 amide bonds. The third kappa shape index (κ3) is 7.17. The highest BCUT2D eigenvalue weighted by atomic mass is 19.1. The van der Waals surface area contributed by atoms with Gasteiger partial charge in [0.1, 0.15) is 36.4 Å². The number of carbonyl (C=O) groups excluding carboxylic acids is 1. The Morgan fingerprint density at radius 2 is 2.06 bits per heavy atom. The SMILES string of the molecule is Cc1c(Nc2ccc(OCC3CCCO3)cc2F)ncnc1OC1CCN(OC(=O)OC(C)C)CC1. The third-order valence-corrected chi connectivity index (χ3v) is 5.91. The summed E-state index contributed by atoms with van der Waals surface area (Å²) in [6.45, 7) is 7.52. The van der Waals surface area contributed by atoms with E-state index in [0.29, 0.717) is 55.5 Å². The number of rotatable bonds is 9. The summed E-state index contributed by atoms with van der Waals surface area (Å²) in [6, 6.07) is 4.67. The lowest BCUT2D eigenvalue weighted by Gasteiger charge is -2.30. The first kappa shape index (κ1) is 25.9. The standard InChI is InChI=1S/C25H33FN4O6/c1-16(2)34-25(31)36-30-10-8-18(9-11-30)35-24-17(3)23(27-15-28-24)29-22-7-6-19(13-21(22)26)33-14-20-5-4-12-32-20/h6-7,13,15-16,18,20H,4-5,8-12,14H2,1-3H3,(H,27,28,29). The molecule has 0 radical (unpaired) electrons. The number of hydrogen-bond donors (Lipinski definition) is 1. The molecule has 196 valence electrons. The molecule has 0 spiro atoms. The number of hydrogen-bond acceptors (Lipinski definition) is 10. The molecule has 1 aromatic heterocycles. The highest BCUT2D eigenvalue weighted by Gasteiger charge is 2.25. The van der Waals surface area contributed by atoms with Crippen LogP contribution < -0.4 is 14.8 Å². The number of nitrogens with one attached hydrogen (secondary N) is 1. The molecule has 4 rings (SSSR count). The molecule has 2 fully saturated rings. The van der Waals surface area contributed by atoms with Crippen LogP contribution in [-0.2, 0) is 14.3 Å². The minimum Gasteiger partial charge on any atom is -0.491 e. The molecule has 0 aliphatic carbocycles. The Bertz CT molecular complexity index is 1030. The first-order valence-electron chi connectivity index (χ1n) is 12.3. The Morgan fingerprint density at radius 1 is 1.25 bits per heavy atom. The molecule has 1 atom stereocenters. The summed E-state index contributed by atoms with van der Waals surface area (Å²) in [5.74, 6) is 0.862. The van der Waals surface area contributed by atoms with Crippen LogP contribution in [0.25, 0.3) is 0 Å². The number of ether oxygens (including phenoxy) is 4. The second-order valence-corrected chi connectivity index (χ2v) is 9.12. The largest absolute Gasteiger partial charge is 0.528 e. The fourth-order valence-corrected chi connectivity index (χ4v) is 3.98. The van der Waals surface area contributed by atoms with E-state index in [1.165, 1.54) is 12.4 Å². The lowest BCUT2D eigenvalue weighted by molar-refractivity contribution is -0.151. The van der Waals surface area contributed by atoms with Gasteiger partial charge in [-0.15, -0.1) is 5.06 Å². The molecule has 1 unspecified atom stereocenters. The average molecular weight is 505 g/mol. The first-order valence-corrected chi connectivity index (χ1v) is 12.3. The van der Waals surface area contributed by atoms with Crippen LogP contribution >= 0.6 is 0 Å². The number of piperidine rings is 1. The fourth-order valence-electron chi connectivity index (χ4n) is 3.98. The van der Waals surface area contributed by atoms with E-state index in [1.54, 1.807) is 31.0 Å². The van der Waals surface area contributed by atoms with E-state index in [-0.39, 0.29) is 24.0 Å². The van der Waals surface area contributed by atoms with E-state index in [1.807, 2.05) is 6.92 Å². The van der Waals surface area contributed by atoms with E-state index >= 15 is 0 Å². The molecule has 2 aromatic rings. The molecule has 2 aliphatic heterocycles. The van der Waals surface area contributed by atoms with Gasteiger partial charge in [-0.05, 0) is 45.7 Å². The van der Waals surface area contributed by atoms with Crippen LogP contribution in [0.1, 0.15) is 45.1 Å². The van der Waals surface area contributed by atoms with Crippen molar-refractivity contribution in [2.24, 2.45) is 0 Å². The van der Waals surface area contributed by atoms with Crippen molar-refractivity contribution in [1.29, 1.82) is 0 Å². The van der Waals surface area contributed by atoms with Gasteiger partial charge < -0.3 is 29.1 Å². The Hall–Kier alpha value is -3.18. The van der Waals surface area contributed by atoms with E-state index in [9.17, 15) is 9.18 Å². The molecular formula is C25H33FN4O6. The van der Waals surface area contributed by atoms with Crippen LogP contribution in [0, 0.1) is 12.7 Å². The van der Waals surface area contributed by atoms with Gasteiger partial charge in [0.15, 0.2) is 0 Å². The van der Waals surface area contributed by atoms with Crippen molar-refractivity contribution in [3.63, 3.8) is 0 Å². The predicted molar refractivity (Wildman–Crippen MR) is 129 cm³/mol. The molecule has 2 aliphatic rings. The highest BCUT2D eigenvalue weighted by molar-refractivity contribution is 5.62. The highest BCUT2D eigenvalue weighted by Crippen LogP contribution is 2.29. The van der Waals surface area contributed by atoms with Crippen molar-refractivity contribution in [3.8, 4) is 11.6 Å². The number of anilines is 2. The van der Waals surface area contributed by atoms with Gasteiger partial charge >= 0.3 is 6.16 Å². The molecule has 1 aromatic carbocycles. The maximum atomic E-state index is 14.7. The predicted octanol–water partition coefficient (Wildman–Crippen LogP) is 4.55. The van der Waals surface area contributed by atoms with Crippen molar-refractivity contribution in [2.45, 2.75) is 64.8 Å². The Balaban J connectivity index is 1.30. The summed E-state index contributed by atoms with van der Waals surface area (Å²) in [5, 5.41) is 4.59. The van der Waals surface area contributed by atoms with E-state index in [2.05, 4.69) is 15.3 Å². The van der Waals surface area contributed by atoms with Gasteiger partial charge in [0.2, 0.25) is 5.88 Å². The monoisotopic (exact) mass is 504 g/mol. The van der Waals surface area contributed by atoms with Gasteiger partial charge in [0.25, 0.3) is 0 Å². The second-order valence-electron chi connectivity index (χ2n) is 9.12. The number of halogens is 1. The molecule has 1 N–H and O–H groups in total. The van der Waals surface area contributed by atoms with Crippen LogP contribution in [0.15, 0.2) is 24.5 Å². The normalized spacial score (nSPS) is 18.8. The van der Waals surface area contributed by atoms with Gasteiger partial charge in [-0.2, -0.15) is 0 Å². The quantitative estimate of drug-likeness (QED) is 0.489. The van der Waals surface area contributed by atoms with Crippen molar-refractivity contribution in [2.75, 3.05) is 31.6 Å². The van der Waals surface area contributed by atoms with Crippen LogP contribution in [0.5, 0.6) is 11.6 Å². The maximum absolute atomic E-state index is 14.7. The second kappa shape index (κ2) is 12.2. The summed E-state index contributed by atoms with van der Waals surface area (Å²) in [7, 11) is 0. The van der Waals surface area contributed by atoms with Crippen LogP contribution in [0.2, 0.25) is 0 Å². The van der Waals surface area contributed by atoms with Gasteiger partial charge in [0.05, 0.1) is 23.5 Å². The number of carbonyl (C=O) groups is 1. The lowest BCUT2D eigenvalue weighted by Crippen LogP contribution is -2.40. The van der Waals surface area contributed by atoms with Gasteiger partial charge in [-0.1, -0.05) is 0 Å². The molecule has 10 nitrogen and oxygen atoms in total. The summed E-state index contributed by atoms with van der Waals surface area (Å²) < 4.78 is 37.0. The molecule has 3 heterocycles. The summed E-state index contributed by atoms with van der Waals surface area (Å²) in [5.41, 5.74) is 0.931. The minimum atomic E-state index is -0.707. The molecular weight excluding hydrogens is 471 g/mol. The Labute approximate surface area is 210 Å².